The standard InChI is InChI=1S/C22H18BrN3O/c23-18-9-11-19(12-10-18)26-25-14-17-13-24-20-7-4-8-21(22(17)20)27-15-16-5-2-1-3-6-16/h1-14,24,26H,15H2/b25-14+. The molecular weight excluding hydrogens is 402 g/mol. The molecular formula is C22H18BrN3O. The number of ether oxygens (including phenoxy) is 1. The lowest BCUT2D eigenvalue weighted by Crippen LogP contribution is -1.96. The number of hydrogen-bond acceptors (Lipinski definition) is 3. The fourth-order valence-corrected chi connectivity index (χ4v) is 3.10. The van der Waals surface area contributed by atoms with E-state index in [1.807, 2.05) is 66.9 Å². The van der Waals surface area contributed by atoms with Crippen molar-refractivity contribution in [2.45, 2.75) is 6.61 Å². The molecule has 0 aliphatic heterocycles. The number of benzene rings is 3. The van der Waals surface area contributed by atoms with E-state index in [4.69, 9.17) is 4.74 Å². The summed E-state index contributed by atoms with van der Waals surface area (Å²) in [6.07, 6.45) is 3.74. The number of halogens is 1. The molecule has 27 heavy (non-hydrogen) atoms. The van der Waals surface area contributed by atoms with Crippen molar-refractivity contribution in [1.29, 1.82) is 0 Å². The molecule has 4 nitrogen and oxygen atoms in total. The molecule has 0 amide bonds. The first-order valence-electron chi connectivity index (χ1n) is 8.61. The van der Waals surface area contributed by atoms with Crippen LogP contribution in [0.1, 0.15) is 11.1 Å². The molecule has 0 radical (unpaired) electrons. The van der Waals surface area contributed by atoms with Gasteiger partial charge < -0.3 is 9.72 Å². The molecule has 0 bridgehead atoms. The first-order chi connectivity index (χ1) is 13.3. The fraction of sp³-hybridized carbons (Fsp3) is 0.0455. The minimum absolute atomic E-state index is 0.527. The molecule has 3 aromatic carbocycles. The molecule has 0 fully saturated rings. The number of H-pyrrole nitrogens is 1. The van der Waals surface area contributed by atoms with E-state index in [2.05, 4.69) is 43.6 Å². The molecule has 134 valence electrons. The van der Waals surface area contributed by atoms with Gasteiger partial charge >= 0.3 is 0 Å². The van der Waals surface area contributed by atoms with Gasteiger partial charge in [-0.3, -0.25) is 5.43 Å². The minimum atomic E-state index is 0.527. The second kappa shape index (κ2) is 8.10. The monoisotopic (exact) mass is 419 g/mol. The highest BCUT2D eigenvalue weighted by molar-refractivity contribution is 9.10. The van der Waals surface area contributed by atoms with Gasteiger partial charge in [-0.15, -0.1) is 0 Å². The summed E-state index contributed by atoms with van der Waals surface area (Å²) in [5, 5.41) is 5.38. The van der Waals surface area contributed by atoms with Crippen molar-refractivity contribution >= 4 is 38.7 Å². The van der Waals surface area contributed by atoms with E-state index in [1.54, 1.807) is 6.21 Å². The Kier molecular flexibility index (Phi) is 5.21. The van der Waals surface area contributed by atoms with E-state index in [0.717, 1.165) is 37.9 Å². The minimum Gasteiger partial charge on any atom is -0.488 e. The van der Waals surface area contributed by atoms with Crippen LogP contribution < -0.4 is 10.2 Å². The average molecular weight is 420 g/mol. The third-order valence-corrected chi connectivity index (χ3v) is 4.71. The molecule has 1 heterocycles. The van der Waals surface area contributed by atoms with Gasteiger partial charge in [0, 0.05) is 21.7 Å². The van der Waals surface area contributed by atoms with Gasteiger partial charge in [0.05, 0.1) is 17.3 Å². The zero-order valence-electron chi connectivity index (χ0n) is 14.5. The largest absolute Gasteiger partial charge is 0.488 e. The van der Waals surface area contributed by atoms with Crippen molar-refractivity contribution < 1.29 is 4.74 Å². The second-order valence-corrected chi connectivity index (χ2v) is 6.99. The molecule has 1 aromatic heterocycles. The Labute approximate surface area is 166 Å². The summed E-state index contributed by atoms with van der Waals surface area (Å²) in [4.78, 5) is 3.28. The lowest BCUT2D eigenvalue weighted by molar-refractivity contribution is 0.310. The maximum Gasteiger partial charge on any atom is 0.129 e. The number of hydrazone groups is 1. The van der Waals surface area contributed by atoms with Crippen LogP contribution in [0.15, 0.2) is 88.6 Å². The number of rotatable bonds is 6. The third-order valence-electron chi connectivity index (χ3n) is 4.18. The van der Waals surface area contributed by atoms with Crippen LogP contribution in [0.3, 0.4) is 0 Å². The summed E-state index contributed by atoms with van der Waals surface area (Å²) in [6, 6.07) is 24.0. The molecule has 0 spiro atoms. The number of hydrogen-bond donors (Lipinski definition) is 2. The maximum absolute atomic E-state index is 6.07. The van der Waals surface area contributed by atoms with Crippen LogP contribution in [-0.2, 0) is 6.61 Å². The Morgan fingerprint density at radius 3 is 2.59 bits per heavy atom. The predicted octanol–water partition coefficient (Wildman–Crippen LogP) is 5.96. The zero-order chi connectivity index (χ0) is 18.5. The van der Waals surface area contributed by atoms with Gasteiger partial charge in [0.1, 0.15) is 12.4 Å². The zero-order valence-corrected chi connectivity index (χ0v) is 16.1. The van der Waals surface area contributed by atoms with Crippen molar-refractivity contribution in [2.75, 3.05) is 5.43 Å². The SMILES string of the molecule is Brc1ccc(N/N=C/c2c[nH]c3cccc(OCc4ccccc4)c23)cc1. The molecule has 0 saturated carbocycles. The molecule has 0 saturated heterocycles. The number of anilines is 1. The summed E-state index contributed by atoms with van der Waals surface area (Å²) in [7, 11) is 0. The average Bonchev–Trinajstić information content (AvgIpc) is 3.12. The van der Waals surface area contributed by atoms with E-state index >= 15 is 0 Å². The fourth-order valence-electron chi connectivity index (χ4n) is 2.84. The molecule has 0 aliphatic rings. The number of fused-ring (bicyclic) bond motifs is 1. The summed E-state index contributed by atoms with van der Waals surface area (Å²) in [5.41, 5.74) is 7.10. The van der Waals surface area contributed by atoms with Gasteiger partial charge in [-0.05, 0) is 42.0 Å². The molecule has 0 atom stereocenters. The van der Waals surface area contributed by atoms with Crippen molar-refractivity contribution in [3.05, 3.63) is 94.6 Å². The highest BCUT2D eigenvalue weighted by Gasteiger charge is 2.08. The lowest BCUT2D eigenvalue weighted by Gasteiger charge is -2.08. The van der Waals surface area contributed by atoms with Crippen molar-refractivity contribution in [3.8, 4) is 5.75 Å². The summed E-state index contributed by atoms with van der Waals surface area (Å²) < 4.78 is 7.11. The van der Waals surface area contributed by atoms with Gasteiger partial charge in [0.15, 0.2) is 0 Å². The van der Waals surface area contributed by atoms with Gasteiger partial charge in [-0.25, -0.2) is 0 Å². The van der Waals surface area contributed by atoms with Gasteiger partial charge in [0.25, 0.3) is 0 Å². The van der Waals surface area contributed by atoms with Crippen LogP contribution in [0.5, 0.6) is 5.75 Å². The van der Waals surface area contributed by atoms with E-state index < -0.39 is 0 Å². The third kappa shape index (κ3) is 4.20. The summed E-state index contributed by atoms with van der Waals surface area (Å²) >= 11 is 3.43. The molecule has 0 aliphatic carbocycles. The number of nitrogens with zero attached hydrogens (tertiary/aromatic N) is 1. The Hall–Kier alpha value is -3.05. The number of aromatic amines is 1. The first-order valence-corrected chi connectivity index (χ1v) is 9.40. The van der Waals surface area contributed by atoms with Crippen LogP contribution in [-0.4, -0.2) is 11.2 Å². The first kappa shape index (κ1) is 17.4. The molecule has 0 unspecified atom stereocenters. The van der Waals surface area contributed by atoms with E-state index in [9.17, 15) is 0 Å². The summed E-state index contributed by atoms with van der Waals surface area (Å²) in [6.45, 7) is 0.527. The Morgan fingerprint density at radius 2 is 1.78 bits per heavy atom. The van der Waals surface area contributed by atoms with Crippen molar-refractivity contribution in [1.82, 2.24) is 4.98 Å². The normalized spacial score (nSPS) is 11.1. The lowest BCUT2D eigenvalue weighted by atomic mass is 10.1. The van der Waals surface area contributed by atoms with Crippen LogP contribution in [0.25, 0.3) is 10.9 Å². The topological polar surface area (TPSA) is 49.4 Å². The molecule has 4 aromatic rings. The van der Waals surface area contributed by atoms with Crippen LogP contribution in [0, 0.1) is 0 Å². The Balaban J connectivity index is 1.54. The van der Waals surface area contributed by atoms with E-state index in [-0.39, 0.29) is 0 Å². The van der Waals surface area contributed by atoms with Crippen LogP contribution >= 0.6 is 15.9 Å². The Morgan fingerprint density at radius 1 is 0.963 bits per heavy atom. The van der Waals surface area contributed by atoms with Crippen molar-refractivity contribution in [3.63, 3.8) is 0 Å². The maximum atomic E-state index is 6.07. The predicted molar refractivity (Wildman–Crippen MR) is 114 cm³/mol. The van der Waals surface area contributed by atoms with Gasteiger partial charge in [-0.1, -0.05) is 52.3 Å². The Bertz CT molecular complexity index is 1060. The number of aromatic nitrogens is 1. The van der Waals surface area contributed by atoms with Gasteiger partial charge in [-0.2, -0.15) is 5.10 Å². The highest BCUT2D eigenvalue weighted by atomic mass is 79.9. The van der Waals surface area contributed by atoms with Crippen LogP contribution in [0.4, 0.5) is 5.69 Å². The van der Waals surface area contributed by atoms with Crippen LogP contribution in [0.2, 0.25) is 0 Å². The molecule has 4 rings (SSSR count). The summed E-state index contributed by atoms with van der Waals surface area (Å²) in [5.74, 6) is 0.836. The van der Waals surface area contributed by atoms with Gasteiger partial charge in [0.2, 0.25) is 0 Å². The second-order valence-electron chi connectivity index (χ2n) is 6.07. The van der Waals surface area contributed by atoms with E-state index in [0.29, 0.717) is 6.61 Å². The van der Waals surface area contributed by atoms with Crippen molar-refractivity contribution in [2.24, 2.45) is 5.10 Å². The number of nitrogens with one attached hydrogen (secondary N) is 2. The quantitative estimate of drug-likeness (QED) is 0.299. The highest BCUT2D eigenvalue weighted by Crippen LogP contribution is 2.28. The van der Waals surface area contributed by atoms with E-state index in [1.165, 1.54) is 0 Å². The molecule has 2 N–H and O–H groups in total. The smallest absolute Gasteiger partial charge is 0.129 e. The molecule has 5 heteroatoms.